The van der Waals surface area contributed by atoms with E-state index in [1.165, 1.54) is 23.9 Å². The van der Waals surface area contributed by atoms with Gasteiger partial charge in [0.15, 0.2) is 10.9 Å². The lowest BCUT2D eigenvalue weighted by molar-refractivity contribution is -0.274. The van der Waals surface area contributed by atoms with Crippen LogP contribution in [0.1, 0.15) is 13.3 Å². The Bertz CT molecular complexity index is 522. The molecule has 1 atom stereocenters. The maximum absolute atomic E-state index is 12.4. The van der Waals surface area contributed by atoms with E-state index in [2.05, 4.69) is 31.0 Å². The van der Waals surface area contributed by atoms with Gasteiger partial charge in [-0.3, -0.25) is 4.99 Å². The number of rotatable bonds is 3. The molecule has 0 saturated carbocycles. The molecule has 0 radical (unpaired) electrons. The summed E-state index contributed by atoms with van der Waals surface area (Å²) in [6.07, 6.45) is -3.76. The molecule has 1 aromatic rings. The van der Waals surface area contributed by atoms with Gasteiger partial charge in [-0.15, -0.1) is 13.2 Å². The number of hydrogen-bond donors (Lipinski definition) is 1. The predicted molar refractivity (Wildman–Crippen MR) is 78.4 cm³/mol. The van der Waals surface area contributed by atoms with Crippen LogP contribution in [0.5, 0.6) is 5.75 Å². The molecule has 8 heteroatoms. The molecule has 0 amide bonds. The minimum atomic E-state index is -4.73. The number of thioether (sulfide) groups is 1. The summed E-state index contributed by atoms with van der Waals surface area (Å²) in [4.78, 5) is 4.26. The highest BCUT2D eigenvalue weighted by atomic mass is 79.9. The van der Waals surface area contributed by atoms with E-state index >= 15 is 0 Å². The summed E-state index contributed by atoms with van der Waals surface area (Å²) < 4.78 is 41.7. The quantitative estimate of drug-likeness (QED) is 0.843. The van der Waals surface area contributed by atoms with Gasteiger partial charge in [0.1, 0.15) is 0 Å². The Kier molecular flexibility index (Phi) is 4.85. The van der Waals surface area contributed by atoms with Gasteiger partial charge in [0.2, 0.25) is 0 Å². The molecule has 0 fully saturated rings. The maximum atomic E-state index is 12.4. The number of halogens is 4. The van der Waals surface area contributed by atoms with Crippen molar-refractivity contribution in [1.82, 2.24) is 0 Å². The highest BCUT2D eigenvalue weighted by molar-refractivity contribution is 9.10. The molecular formula is C12H12BrF3N2OS. The van der Waals surface area contributed by atoms with Crippen molar-refractivity contribution in [2.75, 3.05) is 11.9 Å². The number of alkyl halides is 3. The molecule has 3 nitrogen and oxygen atoms in total. The van der Waals surface area contributed by atoms with Gasteiger partial charge in [-0.2, -0.15) is 0 Å². The fourth-order valence-corrected chi connectivity index (χ4v) is 2.91. The molecule has 1 heterocycles. The van der Waals surface area contributed by atoms with Crippen LogP contribution in [0.15, 0.2) is 27.7 Å². The van der Waals surface area contributed by atoms with E-state index in [0.29, 0.717) is 21.4 Å². The average molecular weight is 369 g/mol. The molecule has 0 aromatic heterocycles. The number of nitrogens with zero attached hydrogens (tertiary/aromatic N) is 1. The van der Waals surface area contributed by atoms with Crippen molar-refractivity contribution in [3.05, 3.63) is 22.7 Å². The van der Waals surface area contributed by atoms with Gasteiger partial charge in [0.25, 0.3) is 0 Å². The van der Waals surface area contributed by atoms with Crippen molar-refractivity contribution in [3.8, 4) is 5.75 Å². The first-order chi connectivity index (χ1) is 9.37. The topological polar surface area (TPSA) is 33.6 Å². The lowest BCUT2D eigenvalue weighted by Crippen LogP contribution is -2.19. The molecule has 2 rings (SSSR count). The normalized spacial score (nSPS) is 18.9. The summed E-state index contributed by atoms with van der Waals surface area (Å²) in [7, 11) is 0. The van der Waals surface area contributed by atoms with E-state index in [-0.39, 0.29) is 11.4 Å². The number of anilines is 1. The third kappa shape index (κ3) is 4.31. The minimum Gasteiger partial charge on any atom is -0.404 e. The van der Waals surface area contributed by atoms with E-state index in [9.17, 15) is 13.2 Å². The summed E-state index contributed by atoms with van der Waals surface area (Å²) in [6, 6.07) is 4.43. The minimum absolute atomic E-state index is 0.244. The van der Waals surface area contributed by atoms with Gasteiger partial charge in [-0.05, 0) is 24.6 Å². The number of hydrogen-bond acceptors (Lipinski definition) is 4. The smallest absolute Gasteiger partial charge is 0.404 e. The number of benzene rings is 1. The SMILES string of the molecule is CCC1CN=C(Nc2ccc(Br)cc2OC(F)(F)F)S1. The zero-order chi connectivity index (χ0) is 14.8. The van der Waals surface area contributed by atoms with Crippen LogP contribution in [0.2, 0.25) is 0 Å². The largest absolute Gasteiger partial charge is 0.573 e. The van der Waals surface area contributed by atoms with Gasteiger partial charge in [-0.25, -0.2) is 0 Å². The van der Waals surface area contributed by atoms with E-state index in [0.717, 1.165) is 6.42 Å². The van der Waals surface area contributed by atoms with E-state index in [1.807, 2.05) is 6.92 Å². The first kappa shape index (κ1) is 15.5. The Labute approximate surface area is 127 Å². The van der Waals surface area contributed by atoms with Crippen LogP contribution in [0.3, 0.4) is 0 Å². The fourth-order valence-electron chi connectivity index (χ4n) is 1.62. The highest BCUT2D eigenvalue weighted by Crippen LogP contribution is 2.34. The summed E-state index contributed by atoms with van der Waals surface area (Å²) in [5.41, 5.74) is 0.244. The average Bonchev–Trinajstić information content (AvgIpc) is 2.78. The molecule has 1 N–H and O–H groups in total. The summed E-state index contributed by atoms with van der Waals surface area (Å²) in [5.74, 6) is -0.282. The second-order valence-electron chi connectivity index (χ2n) is 4.11. The van der Waals surface area contributed by atoms with E-state index < -0.39 is 6.36 Å². The van der Waals surface area contributed by atoms with Crippen molar-refractivity contribution in [1.29, 1.82) is 0 Å². The number of amidine groups is 1. The molecular weight excluding hydrogens is 357 g/mol. The van der Waals surface area contributed by atoms with Crippen LogP contribution >= 0.6 is 27.7 Å². The molecule has 1 aromatic carbocycles. The van der Waals surface area contributed by atoms with Crippen molar-refractivity contribution < 1.29 is 17.9 Å². The van der Waals surface area contributed by atoms with Crippen molar-refractivity contribution in [2.24, 2.45) is 4.99 Å². The number of ether oxygens (including phenoxy) is 1. The van der Waals surface area contributed by atoms with Crippen LogP contribution < -0.4 is 10.1 Å². The molecule has 1 aliphatic heterocycles. The molecule has 0 spiro atoms. The standard InChI is InChI=1S/C12H12BrF3N2OS/c1-2-8-6-17-11(20-8)18-9-4-3-7(13)5-10(9)19-12(14,15)16/h3-5,8H,2,6H2,1H3,(H,17,18). The van der Waals surface area contributed by atoms with Gasteiger partial charge in [-0.1, -0.05) is 34.6 Å². The Morgan fingerprint density at radius 2 is 2.25 bits per heavy atom. The Hall–Kier alpha value is -0.890. The van der Waals surface area contributed by atoms with Crippen molar-refractivity contribution in [2.45, 2.75) is 25.0 Å². The summed E-state index contributed by atoms with van der Waals surface area (Å²) >= 11 is 4.65. The zero-order valence-corrected chi connectivity index (χ0v) is 12.9. The molecule has 1 unspecified atom stereocenters. The Morgan fingerprint density at radius 3 is 2.85 bits per heavy atom. The lowest BCUT2D eigenvalue weighted by Gasteiger charge is -2.15. The molecule has 20 heavy (non-hydrogen) atoms. The van der Waals surface area contributed by atoms with Gasteiger partial charge >= 0.3 is 6.36 Å². The third-order valence-corrected chi connectivity index (χ3v) is 4.35. The van der Waals surface area contributed by atoms with E-state index in [4.69, 9.17) is 0 Å². The summed E-state index contributed by atoms with van der Waals surface area (Å²) in [6.45, 7) is 2.73. The van der Waals surface area contributed by atoms with Crippen LogP contribution in [0.4, 0.5) is 18.9 Å². The van der Waals surface area contributed by atoms with Crippen LogP contribution in [-0.4, -0.2) is 23.3 Å². The summed E-state index contributed by atoms with van der Waals surface area (Å²) in [5, 5.41) is 3.88. The van der Waals surface area contributed by atoms with Crippen LogP contribution in [0.25, 0.3) is 0 Å². The first-order valence-electron chi connectivity index (χ1n) is 5.91. The zero-order valence-electron chi connectivity index (χ0n) is 10.5. The van der Waals surface area contributed by atoms with Gasteiger partial charge < -0.3 is 10.1 Å². The van der Waals surface area contributed by atoms with Crippen molar-refractivity contribution in [3.63, 3.8) is 0 Å². The Morgan fingerprint density at radius 1 is 1.50 bits per heavy atom. The number of nitrogens with one attached hydrogen (secondary N) is 1. The molecule has 0 aliphatic carbocycles. The third-order valence-electron chi connectivity index (χ3n) is 2.58. The molecule has 0 bridgehead atoms. The maximum Gasteiger partial charge on any atom is 0.573 e. The Balaban J connectivity index is 2.15. The van der Waals surface area contributed by atoms with Gasteiger partial charge in [0.05, 0.1) is 12.2 Å². The first-order valence-corrected chi connectivity index (χ1v) is 7.58. The monoisotopic (exact) mass is 368 g/mol. The predicted octanol–water partition coefficient (Wildman–Crippen LogP) is 4.64. The fraction of sp³-hybridized carbons (Fsp3) is 0.417. The molecule has 110 valence electrons. The molecule has 0 saturated heterocycles. The van der Waals surface area contributed by atoms with Gasteiger partial charge in [0, 0.05) is 9.72 Å². The van der Waals surface area contributed by atoms with Crippen molar-refractivity contribution >= 4 is 38.5 Å². The highest BCUT2D eigenvalue weighted by Gasteiger charge is 2.32. The molecule has 1 aliphatic rings. The van der Waals surface area contributed by atoms with Crippen LogP contribution in [-0.2, 0) is 0 Å². The number of aliphatic imine (C=N–C) groups is 1. The van der Waals surface area contributed by atoms with Crippen LogP contribution in [0, 0.1) is 0 Å². The second kappa shape index (κ2) is 6.26. The second-order valence-corrected chi connectivity index (χ2v) is 6.31. The lowest BCUT2D eigenvalue weighted by atomic mass is 10.3. The van der Waals surface area contributed by atoms with E-state index in [1.54, 1.807) is 6.07 Å².